The molecule has 0 spiro atoms. The summed E-state index contributed by atoms with van der Waals surface area (Å²) in [5.41, 5.74) is 7.00. The Morgan fingerprint density at radius 2 is 1.87 bits per heavy atom. The second-order valence-corrected chi connectivity index (χ2v) is 6.14. The first kappa shape index (κ1) is 20.0. The molecule has 130 valence electrons. The highest BCUT2D eigenvalue weighted by Gasteiger charge is 2.26. The Bertz CT molecular complexity index is 477. The van der Waals surface area contributed by atoms with Crippen molar-refractivity contribution in [2.24, 2.45) is 5.73 Å². The molecular formula is C16H25Cl2N3O2. The highest BCUT2D eigenvalue weighted by Crippen LogP contribution is 2.17. The van der Waals surface area contributed by atoms with Crippen molar-refractivity contribution < 1.29 is 9.90 Å². The number of benzene rings is 1. The predicted octanol–water partition coefficient (Wildman–Crippen LogP) is 2.71. The lowest BCUT2D eigenvalue weighted by molar-refractivity contribution is 0.0966. The van der Waals surface area contributed by atoms with Gasteiger partial charge in [0.1, 0.15) is 0 Å². The normalized spacial score (nSPS) is 15.5. The molecule has 1 amide bonds. The van der Waals surface area contributed by atoms with Gasteiger partial charge in [-0.05, 0) is 37.0 Å². The zero-order valence-electron chi connectivity index (χ0n) is 13.2. The summed E-state index contributed by atoms with van der Waals surface area (Å²) in [4.78, 5) is 14.9. The molecule has 1 aliphatic rings. The number of nitrogens with two attached hydrogens (primary N) is 1. The fraction of sp³-hybridized carbons (Fsp3) is 0.562. The Morgan fingerprint density at radius 1 is 1.26 bits per heavy atom. The summed E-state index contributed by atoms with van der Waals surface area (Å²) in [7, 11) is 0. The lowest BCUT2D eigenvalue weighted by Gasteiger charge is -2.37. The molecule has 0 atom stereocenters. The smallest absolute Gasteiger partial charge is 0.407 e. The minimum atomic E-state index is -0.815. The molecule has 2 rings (SSSR count). The molecule has 0 radical (unpaired) electrons. The summed E-state index contributed by atoms with van der Waals surface area (Å²) >= 11 is 5.91. The van der Waals surface area contributed by atoms with E-state index in [4.69, 9.17) is 22.4 Å². The lowest BCUT2D eigenvalue weighted by atomic mass is 10.0. The Balaban J connectivity index is 0.00000264. The van der Waals surface area contributed by atoms with Gasteiger partial charge in [-0.3, -0.25) is 4.90 Å². The van der Waals surface area contributed by atoms with Gasteiger partial charge >= 0.3 is 6.09 Å². The zero-order valence-corrected chi connectivity index (χ0v) is 14.7. The minimum Gasteiger partial charge on any atom is -0.465 e. The van der Waals surface area contributed by atoms with Crippen LogP contribution < -0.4 is 5.73 Å². The third kappa shape index (κ3) is 6.18. The molecule has 1 aliphatic heterocycles. The largest absolute Gasteiger partial charge is 0.465 e. The third-order valence-electron chi connectivity index (χ3n) is 4.27. The van der Waals surface area contributed by atoms with Gasteiger partial charge in [0.05, 0.1) is 0 Å². The van der Waals surface area contributed by atoms with Crippen LogP contribution in [0.3, 0.4) is 0 Å². The maximum absolute atomic E-state index is 11.0. The second-order valence-electron chi connectivity index (χ2n) is 5.70. The molecule has 7 heteroatoms. The molecule has 0 aliphatic carbocycles. The fourth-order valence-electron chi connectivity index (χ4n) is 2.99. The number of hydrogen-bond donors (Lipinski definition) is 2. The van der Waals surface area contributed by atoms with Gasteiger partial charge in [-0.1, -0.05) is 23.7 Å². The molecule has 1 aromatic rings. The number of carboxylic acid groups (broad SMARTS) is 1. The summed E-state index contributed by atoms with van der Waals surface area (Å²) in [6.07, 6.45) is 1.90. The van der Waals surface area contributed by atoms with Crippen molar-refractivity contribution in [3.05, 3.63) is 34.9 Å². The molecule has 0 saturated carbocycles. The van der Waals surface area contributed by atoms with E-state index in [9.17, 15) is 4.79 Å². The molecule has 0 unspecified atom stereocenters. The Labute approximate surface area is 148 Å². The van der Waals surface area contributed by atoms with Crippen molar-refractivity contribution >= 4 is 30.1 Å². The molecule has 0 aromatic heterocycles. The minimum absolute atomic E-state index is 0. The van der Waals surface area contributed by atoms with Crippen molar-refractivity contribution in [3.63, 3.8) is 0 Å². The van der Waals surface area contributed by atoms with E-state index < -0.39 is 6.09 Å². The van der Waals surface area contributed by atoms with Crippen molar-refractivity contribution in [2.75, 3.05) is 32.7 Å². The predicted molar refractivity (Wildman–Crippen MR) is 95.7 cm³/mol. The van der Waals surface area contributed by atoms with Gasteiger partial charge in [0.15, 0.2) is 0 Å². The molecule has 1 aromatic carbocycles. The third-order valence-corrected chi connectivity index (χ3v) is 4.52. The van der Waals surface area contributed by atoms with Crippen molar-refractivity contribution in [1.29, 1.82) is 0 Å². The van der Waals surface area contributed by atoms with Crippen LogP contribution in [0.15, 0.2) is 24.3 Å². The van der Waals surface area contributed by atoms with Crippen LogP contribution in [0.1, 0.15) is 18.4 Å². The number of rotatable bonds is 6. The molecule has 3 N–H and O–H groups in total. The van der Waals surface area contributed by atoms with Gasteiger partial charge in [-0.2, -0.15) is 0 Å². The monoisotopic (exact) mass is 361 g/mol. The topological polar surface area (TPSA) is 69.8 Å². The van der Waals surface area contributed by atoms with E-state index in [1.807, 2.05) is 12.1 Å². The number of piperidine rings is 1. The molecule has 0 bridgehead atoms. The van der Waals surface area contributed by atoms with E-state index in [2.05, 4.69) is 17.0 Å². The summed E-state index contributed by atoms with van der Waals surface area (Å²) in [5.74, 6) is 0. The molecule has 1 saturated heterocycles. The van der Waals surface area contributed by atoms with Gasteiger partial charge in [-0.25, -0.2) is 4.79 Å². The maximum Gasteiger partial charge on any atom is 0.407 e. The van der Waals surface area contributed by atoms with E-state index in [1.54, 1.807) is 0 Å². The summed E-state index contributed by atoms with van der Waals surface area (Å²) < 4.78 is 0. The number of carbonyl (C=O) groups is 1. The van der Waals surface area contributed by atoms with Crippen LogP contribution in [0, 0.1) is 0 Å². The summed E-state index contributed by atoms with van der Waals surface area (Å²) in [5, 5.41) is 9.78. The maximum atomic E-state index is 11.0. The average Bonchev–Trinajstić information content (AvgIpc) is 2.53. The molecular weight excluding hydrogens is 337 g/mol. The first-order valence-corrected chi connectivity index (χ1v) is 8.14. The van der Waals surface area contributed by atoms with Crippen LogP contribution >= 0.6 is 24.0 Å². The number of hydrogen-bond acceptors (Lipinski definition) is 3. The Hall–Kier alpha value is -1.01. The SMILES string of the molecule is Cl.NCCN(CCc1ccc(Cl)cc1)C1CCN(C(=O)O)CC1. The van der Waals surface area contributed by atoms with Crippen LogP contribution in [0.4, 0.5) is 4.79 Å². The van der Waals surface area contributed by atoms with Crippen molar-refractivity contribution in [1.82, 2.24) is 9.80 Å². The molecule has 1 fully saturated rings. The highest BCUT2D eigenvalue weighted by atomic mass is 35.5. The number of likely N-dealkylation sites (tertiary alicyclic amines) is 1. The van der Waals surface area contributed by atoms with Crippen LogP contribution in [0.25, 0.3) is 0 Å². The first-order chi connectivity index (χ1) is 10.6. The van der Waals surface area contributed by atoms with Crippen molar-refractivity contribution in [3.8, 4) is 0 Å². The lowest BCUT2D eigenvalue weighted by Crippen LogP contribution is -2.48. The van der Waals surface area contributed by atoms with Gasteiger partial charge in [0, 0.05) is 43.8 Å². The molecule has 1 heterocycles. The quantitative estimate of drug-likeness (QED) is 0.817. The van der Waals surface area contributed by atoms with Gasteiger partial charge in [0.25, 0.3) is 0 Å². The van der Waals surface area contributed by atoms with Crippen LogP contribution in [-0.2, 0) is 6.42 Å². The van der Waals surface area contributed by atoms with E-state index in [1.165, 1.54) is 10.5 Å². The van der Waals surface area contributed by atoms with Gasteiger partial charge < -0.3 is 15.7 Å². The first-order valence-electron chi connectivity index (χ1n) is 7.76. The zero-order chi connectivity index (χ0) is 15.9. The fourth-order valence-corrected chi connectivity index (χ4v) is 3.11. The van der Waals surface area contributed by atoms with Gasteiger partial charge in [-0.15, -0.1) is 12.4 Å². The molecule has 5 nitrogen and oxygen atoms in total. The standard InChI is InChI=1S/C16H24ClN3O2.ClH/c17-14-3-1-13(2-4-14)5-9-19(12-8-18)15-6-10-20(11-7-15)16(21)22;/h1-4,15H,5-12,18H2,(H,21,22);1H. The van der Waals surface area contributed by atoms with E-state index in [0.29, 0.717) is 25.7 Å². The summed E-state index contributed by atoms with van der Waals surface area (Å²) in [6, 6.07) is 8.35. The van der Waals surface area contributed by atoms with Crippen molar-refractivity contribution in [2.45, 2.75) is 25.3 Å². The van der Waals surface area contributed by atoms with Crippen LogP contribution in [-0.4, -0.2) is 59.8 Å². The number of halogens is 2. The van der Waals surface area contributed by atoms with Gasteiger partial charge in [0.2, 0.25) is 0 Å². The second kappa shape index (κ2) is 9.98. The highest BCUT2D eigenvalue weighted by molar-refractivity contribution is 6.30. The van der Waals surface area contributed by atoms with Crippen LogP contribution in [0.5, 0.6) is 0 Å². The number of nitrogens with zero attached hydrogens (tertiary/aromatic N) is 2. The van der Waals surface area contributed by atoms with E-state index >= 15 is 0 Å². The average molecular weight is 362 g/mol. The number of amides is 1. The van der Waals surface area contributed by atoms with Crippen LogP contribution in [0.2, 0.25) is 5.02 Å². The molecule has 23 heavy (non-hydrogen) atoms. The summed E-state index contributed by atoms with van der Waals surface area (Å²) in [6.45, 7) is 3.64. The van der Waals surface area contributed by atoms with E-state index in [-0.39, 0.29) is 12.4 Å². The van der Waals surface area contributed by atoms with E-state index in [0.717, 1.165) is 37.4 Å². The Kier molecular flexibility index (Phi) is 8.69. The Morgan fingerprint density at radius 3 is 2.39 bits per heavy atom.